The number of piperidine rings is 1. The van der Waals surface area contributed by atoms with Crippen LogP contribution in [0.15, 0.2) is 48.5 Å². The molecule has 1 amide bonds. The van der Waals surface area contributed by atoms with Crippen molar-refractivity contribution in [3.05, 3.63) is 48.5 Å². The van der Waals surface area contributed by atoms with Crippen LogP contribution in [0.25, 0.3) is 10.2 Å². The summed E-state index contributed by atoms with van der Waals surface area (Å²) in [6.45, 7) is 1.70. The van der Waals surface area contributed by atoms with Crippen molar-refractivity contribution in [2.75, 3.05) is 31.7 Å². The van der Waals surface area contributed by atoms with E-state index in [9.17, 15) is 4.79 Å². The lowest BCUT2D eigenvalue weighted by molar-refractivity contribution is -0.123. The van der Waals surface area contributed by atoms with Gasteiger partial charge in [-0.2, -0.15) is 0 Å². The average Bonchev–Trinajstić information content (AvgIpc) is 3.17. The van der Waals surface area contributed by atoms with Crippen molar-refractivity contribution in [3.8, 4) is 11.5 Å². The molecule has 0 bridgehead atoms. The molecule has 146 valence electrons. The third-order valence-electron chi connectivity index (χ3n) is 4.77. The zero-order valence-corrected chi connectivity index (χ0v) is 16.6. The molecule has 2 aromatic carbocycles. The summed E-state index contributed by atoms with van der Waals surface area (Å²) in [5.74, 6) is 1.07. The van der Waals surface area contributed by atoms with Gasteiger partial charge in [-0.25, -0.2) is 4.98 Å². The number of amides is 1. The molecular formula is C21H23N3O3S. The average molecular weight is 398 g/mol. The van der Waals surface area contributed by atoms with E-state index in [2.05, 4.69) is 16.3 Å². The fraction of sp³-hybridized carbons (Fsp3) is 0.333. The van der Waals surface area contributed by atoms with E-state index >= 15 is 0 Å². The summed E-state index contributed by atoms with van der Waals surface area (Å²) in [6.07, 6.45) is 1.98. The number of nitrogens with one attached hydrogen (secondary N) is 1. The van der Waals surface area contributed by atoms with Gasteiger partial charge >= 0.3 is 0 Å². The number of ether oxygens (including phenoxy) is 2. The van der Waals surface area contributed by atoms with Gasteiger partial charge in [0, 0.05) is 19.1 Å². The topological polar surface area (TPSA) is 63.7 Å². The van der Waals surface area contributed by atoms with Gasteiger partial charge in [-0.1, -0.05) is 35.6 Å². The Labute approximate surface area is 168 Å². The SMILES string of the molecule is COc1ccccc1OCC(=O)NC1CCCN(c2nc3ccccc3s2)C1. The van der Waals surface area contributed by atoms with Crippen molar-refractivity contribution in [2.24, 2.45) is 0 Å². The molecule has 3 aromatic rings. The Balaban J connectivity index is 1.33. The van der Waals surface area contributed by atoms with Gasteiger partial charge in [-0.15, -0.1) is 0 Å². The van der Waals surface area contributed by atoms with Crippen LogP contribution < -0.4 is 19.7 Å². The van der Waals surface area contributed by atoms with E-state index in [1.165, 1.54) is 4.70 Å². The highest BCUT2D eigenvalue weighted by Gasteiger charge is 2.24. The molecule has 0 radical (unpaired) electrons. The third-order valence-corrected chi connectivity index (χ3v) is 5.86. The van der Waals surface area contributed by atoms with Gasteiger partial charge in [0.2, 0.25) is 0 Å². The van der Waals surface area contributed by atoms with E-state index in [0.717, 1.165) is 36.6 Å². The van der Waals surface area contributed by atoms with Gasteiger partial charge < -0.3 is 19.7 Å². The zero-order valence-electron chi connectivity index (χ0n) is 15.8. The number of fused-ring (bicyclic) bond motifs is 1. The number of nitrogens with zero attached hydrogens (tertiary/aromatic N) is 2. The predicted molar refractivity (Wildman–Crippen MR) is 111 cm³/mol. The highest BCUT2D eigenvalue weighted by Crippen LogP contribution is 2.30. The minimum Gasteiger partial charge on any atom is -0.493 e. The smallest absolute Gasteiger partial charge is 0.258 e. The molecule has 2 heterocycles. The molecule has 6 nitrogen and oxygen atoms in total. The number of para-hydroxylation sites is 3. The van der Waals surface area contributed by atoms with Gasteiger partial charge in [0.1, 0.15) is 0 Å². The predicted octanol–water partition coefficient (Wildman–Crippen LogP) is 3.47. The Morgan fingerprint density at radius 2 is 2.00 bits per heavy atom. The van der Waals surface area contributed by atoms with Crippen LogP contribution in [-0.2, 0) is 4.79 Å². The minimum absolute atomic E-state index is 0.0298. The van der Waals surface area contributed by atoms with Crippen molar-refractivity contribution in [2.45, 2.75) is 18.9 Å². The monoisotopic (exact) mass is 397 g/mol. The Bertz CT molecular complexity index is 926. The van der Waals surface area contributed by atoms with Crippen LogP contribution >= 0.6 is 11.3 Å². The van der Waals surface area contributed by atoms with E-state index in [-0.39, 0.29) is 18.6 Å². The maximum atomic E-state index is 12.4. The van der Waals surface area contributed by atoms with Crippen LogP contribution in [0.1, 0.15) is 12.8 Å². The fourth-order valence-corrected chi connectivity index (χ4v) is 4.42. The van der Waals surface area contributed by atoms with Gasteiger partial charge in [0.25, 0.3) is 5.91 Å². The Morgan fingerprint density at radius 3 is 2.82 bits per heavy atom. The molecule has 1 saturated heterocycles. The summed E-state index contributed by atoms with van der Waals surface area (Å²) in [5, 5.41) is 4.11. The molecule has 1 fully saturated rings. The second-order valence-electron chi connectivity index (χ2n) is 6.76. The number of methoxy groups -OCH3 is 1. The minimum atomic E-state index is -0.123. The Morgan fingerprint density at radius 1 is 1.21 bits per heavy atom. The Kier molecular flexibility index (Phi) is 5.62. The highest BCUT2D eigenvalue weighted by molar-refractivity contribution is 7.22. The quantitative estimate of drug-likeness (QED) is 0.690. The summed E-state index contributed by atoms with van der Waals surface area (Å²) in [6, 6.07) is 15.6. The maximum absolute atomic E-state index is 12.4. The maximum Gasteiger partial charge on any atom is 0.258 e. The summed E-state index contributed by atoms with van der Waals surface area (Å²) >= 11 is 1.70. The zero-order chi connectivity index (χ0) is 19.3. The third kappa shape index (κ3) is 4.20. The molecule has 0 saturated carbocycles. The van der Waals surface area contributed by atoms with Crippen LogP contribution in [-0.4, -0.2) is 43.7 Å². The number of carbonyl (C=O) groups excluding carboxylic acids is 1. The number of rotatable bonds is 6. The molecule has 28 heavy (non-hydrogen) atoms. The molecule has 1 aromatic heterocycles. The van der Waals surface area contributed by atoms with E-state index in [4.69, 9.17) is 14.5 Å². The highest BCUT2D eigenvalue weighted by atomic mass is 32.1. The van der Waals surface area contributed by atoms with Crippen molar-refractivity contribution >= 4 is 32.6 Å². The number of anilines is 1. The van der Waals surface area contributed by atoms with Crippen LogP contribution in [0.2, 0.25) is 0 Å². The Hall–Kier alpha value is -2.80. The second kappa shape index (κ2) is 8.48. The molecule has 0 spiro atoms. The first-order valence-electron chi connectivity index (χ1n) is 9.38. The number of hydrogen-bond donors (Lipinski definition) is 1. The van der Waals surface area contributed by atoms with E-state index in [0.29, 0.717) is 11.5 Å². The summed E-state index contributed by atoms with van der Waals surface area (Å²) in [7, 11) is 1.58. The molecule has 1 aliphatic heterocycles. The number of thiazole rings is 1. The first-order chi connectivity index (χ1) is 13.7. The van der Waals surface area contributed by atoms with E-state index < -0.39 is 0 Å². The van der Waals surface area contributed by atoms with Crippen LogP contribution in [0, 0.1) is 0 Å². The first kappa shape index (κ1) is 18.6. The summed E-state index contributed by atoms with van der Waals surface area (Å²) in [5.41, 5.74) is 1.03. The lowest BCUT2D eigenvalue weighted by atomic mass is 10.1. The molecular weight excluding hydrogens is 374 g/mol. The first-order valence-corrected chi connectivity index (χ1v) is 10.2. The van der Waals surface area contributed by atoms with Crippen LogP contribution in [0.5, 0.6) is 11.5 Å². The molecule has 1 aliphatic rings. The van der Waals surface area contributed by atoms with Gasteiger partial charge in [-0.3, -0.25) is 4.79 Å². The number of hydrogen-bond acceptors (Lipinski definition) is 6. The fourth-order valence-electron chi connectivity index (χ4n) is 3.41. The largest absolute Gasteiger partial charge is 0.493 e. The summed E-state index contributed by atoms with van der Waals surface area (Å²) in [4.78, 5) is 19.4. The molecule has 1 N–H and O–H groups in total. The van der Waals surface area contributed by atoms with Crippen LogP contribution in [0.4, 0.5) is 5.13 Å². The lowest BCUT2D eigenvalue weighted by Gasteiger charge is -2.32. The molecule has 1 atom stereocenters. The molecule has 7 heteroatoms. The van der Waals surface area contributed by atoms with Crippen LogP contribution in [0.3, 0.4) is 0 Å². The lowest BCUT2D eigenvalue weighted by Crippen LogP contribution is -2.48. The molecule has 1 unspecified atom stereocenters. The van der Waals surface area contributed by atoms with Gasteiger partial charge in [0.15, 0.2) is 23.2 Å². The molecule has 4 rings (SSSR count). The normalized spacial score (nSPS) is 16.8. The molecule has 0 aliphatic carbocycles. The standard InChI is InChI=1S/C21H23N3O3S/c1-26-17-9-3-4-10-18(17)27-14-20(25)22-15-7-6-12-24(13-15)21-23-16-8-2-5-11-19(16)28-21/h2-5,8-11,15H,6-7,12-14H2,1H3,(H,22,25). The number of carbonyl (C=O) groups is 1. The van der Waals surface area contributed by atoms with E-state index in [1.54, 1.807) is 24.5 Å². The number of benzene rings is 2. The second-order valence-corrected chi connectivity index (χ2v) is 7.77. The van der Waals surface area contributed by atoms with Gasteiger partial charge in [-0.05, 0) is 37.1 Å². The van der Waals surface area contributed by atoms with Crippen molar-refractivity contribution < 1.29 is 14.3 Å². The van der Waals surface area contributed by atoms with Gasteiger partial charge in [0.05, 0.1) is 17.3 Å². The summed E-state index contributed by atoms with van der Waals surface area (Å²) < 4.78 is 12.1. The van der Waals surface area contributed by atoms with Crippen molar-refractivity contribution in [1.29, 1.82) is 0 Å². The van der Waals surface area contributed by atoms with Crippen molar-refractivity contribution in [3.63, 3.8) is 0 Å². The van der Waals surface area contributed by atoms with E-state index in [1.807, 2.05) is 36.4 Å². The number of aromatic nitrogens is 1. The van der Waals surface area contributed by atoms with Crippen molar-refractivity contribution in [1.82, 2.24) is 10.3 Å².